The first-order valence-electron chi connectivity index (χ1n) is 5.98. The molecule has 0 saturated carbocycles. The van der Waals surface area contributed by atoms with E-state index in [1.54, 1.807) is 6.07 Å². The fraction of sp³-hybridized carbons (Fsp3) is 0.538. The smallest absolute Gasteiger partial charge is 0.406 e. The third kappa shape index (κ3) is 2.54. The largest absolute Gasteiger partial charge is 0.573 e. The van der Waals surface area contributed by atoms with Gasteiger partial charge in [-0.05, 0) is 30.2 Å². The number of anilines is 1. The number of hydrogen-bond acceptors (Lipinski definition) is 2. The third-order valence-electron chi connectivity index (χ3n) is 3.35. The van der Waals surface area contributed by atoms with Crippen molar-refractivity contribution in [2.24, 2.45) is 0 Å². The maximum absolute atomic E-state index is 12.2. The van der Waals surface area contributed by atoms with Gasteiger partial charge in [0.2, 0.25) is 0 Å². The second-order valence-electron chi connectivity index (χ2n) is 4.92. The van der Waals surface area contributed by atoms with Gasteiger partial charge in [0.05, 0.1) is 0 Å². The minimum absolute atomic E-state index is 0.116. The fourth-order valence-electron chi connectivity index (χ4n) is 2.53. The first-order valence-corrected chi connectivity index (χ1v) is 5.98. The monoisotopic (exact) mass is 259 g/mol. The Labute approximate surface area is 104 Å². The number of hydrogen-bond donors (Lipinski definition) is 1. The molecule has 18 heavy (non-hydrogen) atoms. The minimum atomic E-state index is -4.64. The number of ether oxygens (including phenoxy) is 1. The summed E-state index contributed by atoms with van der Waals surface area (Å²) in [5.41, 5.74) is 1.70. The van der Waals surface area contributed by atoms with Gasteiger partial charge in [-0.3, -0.25) is 0 Å². The highest BCUT2D eigenvalue weighted by atomic mass is 19.4. The van der Waals surface area contributed by atoms with Crippen molar-refractivity contribution >= 4 is 5.69 Å². The topological polar surface area (TPSA) is 21.3 Å². The minimum Gasteiger partial charge on any atom is -0.406 e. The summed E-state index contributed by atoms with van der Waals surface area (Å²) in [6.45, 7) is 4.89. The second kappa shape index (κ2) is 4.37. The quantitative estimate of drug-likeness (QED) is 0.883. The van der Waals surface area contributed by atoms with E-state index in [-0.39, 0.29) is 11.2 Å². The highest BCUT2D eigenvalue weighted by Gasteiger charge is 2.36. The number of halogens is 3. The molecule has 0 bridgehead atoms. The molecule has 1 N–H and O–H groups in total. The molecule has 0 amide bonds. The number of rotatable bonds is 3. The van der Waals surface area contributed by atoms with Gasteiger partial charge in [0, 0.05) is 17.6 Å². The standard InChI is InChI=1S/C13H16F3NO/c1-3-6-12(2)8-17-11-5-4-9(7-10(11)12)18-13(14,15)16/h4-5,7,17H,3,6,8H2,1-2H3. The van der Waals surface area contributed by atoms with Crippen LogP contribution in [0, 0.1) is 0 Å². The molecule has 1 heterocycles. The molecule has 2 nitrogen and oxygen atoms in total. The lowest BCUT2D eigenvalue weighted by Crippen LogP contribution is -2.24. The van der Waals surface area contributed by atoms with Gasteiger partial charge in [0.25, 0.3) is 0 Å². The highest BCUT2D eigenvalue weighted by molar-refractivity contribution is 5.62. The van der Waals surface area contributed by atoms with Gasteiger partial charge in [0.1, 0.15) is 5.75 Å². The summed E-state index contributed by atoms with van der Waals surface area (Å²) in [6, 6.07) is 4.49. The van der Waals surface area contributed by atoms with E-state index in [0.29, 0.717) is 0 Å². The Morgan fingerprint density at radius 1 is 1.39 bits per heavy atom. The second-order valence-corrected chi connectivity index (χ2v) is 4.92. The van der Waals surface area contributed by atoms with Crippen LogP contribution in [0.15, 0.2) is 18.2 Å². The van der Waals surface area contributed by atoms with Crippen molar-refractivity contribution in [2.75, 3.05) is 11.9 Å². The van der Waals surface area contributed by atoms with Crippen molar-refractivity contribution in [3.8, 4) is 5.75 Å². The first kappa shape index (κ1) is 13.1. The van der Waals surface area contributed by atoms with Crippen LogP contribution in [0.1, 0.15) is 32.3 Å². The van der Waals surface area contributed by atoms with Crippen LogP contribution in [0.2, 0.25) is 0 Å². The Hall–Kier alpha value is -1.39. The molecule has 0 aliphatic carbocycles. The zero-order valence-corrected chi connectivity index (χ0v) is 10.4. The summed E-state index contributed by atoms with van der Waals surface area (Å²) in [5.74, 6) is -0.146. The van der Waals surface area contributed by atoms with Crippen molar-refractivity contribution < 1.29 is 17.9 Å². The van der Waals surface area contributed by atoms with E-state index in [0.717, 1.165) is 30.6 Å². The van der Waals surface area contributed by atoms with E-state index < -0.39 is 6.36 Å². The van der Waals surface area contributed by atoms with Gasteiger partial charge in [0.15, 0.2) is 0 Å². The molecule has 2 rings (SSSR count). The predicted molar refractivity (Wildman–Crippen MR) is 63.9 cm³/mol. The van der Waals surface area contributed by atoms with E-state index in [9.17, 15) is 13.2 Å². The molecular formula is C13H16F3NO. The maximum atomic E-state index is 12.2. The van der Waals surface area contributed by atoms with Crippen LogP contribution in [0.5, 0.6) is 5.75 Å². The zero-order chi connectivity index (χ0) is 13.4. The summed E-state index contributed by atoms with van der Waals surface area (Å²) in [5, 5.41) is 3.23. The summed E-state index contributed by atoms with van der Waals surface area (Å²) >= 11 is 0. The SMILES string of the molecule is CCCC1(C)CNc2ccc(OC(F)(F)F)cc21. The fourth-order valence-corrected chi connectivity index (χ4v) is 2.53. The Balaban J connectivity index is 2.31. The van der Waals surface area contributed by atoms with Crippen LogP contribution in [0.3, 0.4) is 0 Å². The third-order valence-corrected chi connectivity index (χ3v) is 3.35. The molecule has 1 unspecified atom stereocenters. The Kier molecular flexibility index (Phi) is 3.17. The maximum Gasteiger partial charge on any atom is 0.573 e. The van der Waals surface area contributed by atoms with Crippen LogP contribution < -0.4 is 10.1 Å². The lowest BCUT2D eigenvalue weighted by molar-refractivity contribution is -0.274. The lowest BCUT2D eigenvalue weighted by Gasteiger charge is -2.23. The Morgan fingerprint density at radius 3 is 2.72 bits per heavy atom. The summed E-state index contributed by atoms with van der Waals surface area (Å²) in [6.07, 6.45) is -2.72. The lowest BCUT2D eigenvalue weighted by atomic mass is 9.80. The summed E-state index contributed by atoms with van der Waals surface area (Å²) in [7, 11) is 0. The van der Waals surface area contributed by atoms with Gasteiger partial charge >= 0.3 is 6.36 Å². The van der Waals surface area contributed by atoms with Crippen LogP contribution in [0.4, 0.5) is 18.9 Å². The Bertz CT molecular complexity index is 440. The van der Waals surface area contributed by atoms with Gasteiger partial charge in [-0.1, -0.05) is 20.3 Å². The number of alkyl halides is 3. The molecule has 1 aromatic carbocycles. The zero-order valence-electron chi connectivity index (χ0n) is 10.4. The molecular weight excluding hydrogens is 243 g/mol. The van der Waals surface area contributed by atoms with E-state index in [2.05, 4.69) is 23.9 Å². The van der Waals surface area contributed by atoms with Crippen LogP contribution >= 0.6 is 0 Å². The van der Waals surface area contributed by atoms with Crippen LogP contribution in [0.25, 0.3) is 0 Å². The molecule has 0 fully saturated rings. The molecule has 0 aromatic heterocycles. The van der Waals surface area contributed by atoms with Crippen LogP contribution in [-0.4, -0.2) is 12.9 Å². The van der Waals surface area contributed by atoms with Gasteiger partial charge in [-0.2, -0.15) is 0 Å². The number of fused-ring (bicyclic) bond motifs is 1. The first-order chi connectivity index (χ1) is 8.34. The van der Waals surface area contributed by atoms with Crippen molar-refractivity contribution in [3.63, 3.8) is 0 Å². The Morgan fingerprint density at radius 2 is 2.11 bits per heavy atom. The molecule has 100 valence electrons. The number of benzene rings is 1. The molecule has 1 aliphatic heterocycles. The van der Waals surface area contributed by atoms with Gasteiger partial charge in [-0.15, -0.1) is 13.2 Å². The molecule has 1 aliphatic rings. The van der Waals surface area contributed by atoms with Crippen molar-refractivity contribution in [1.82, 2.24) is 0 Å². The molecule has 1 atom stereocenters. The molecule has 0 spiro atoms. The predicted octanol–water partition coefficient (Wildman–Crippen LogP) is 4.07. The van der Waals surface area contributed by atoms with Crippen molar-refractivity contribution in [1.29, 1.82) is 0 Å². The normalized spacial score (nSPS) is 22.5. The summed E-state index contributed by atoms with van der Waals surface area (Å²) < 4.78 is 40.6. The number of nitrogens with one attached hydrogen (secondary N) is 1. The van der Waals surface area contributed by atoms with Gasteiger partial charge < -0.3 is 10.1 Å². The van der Waals surface area contributed by atoms with Gasteiger partial charge in [-0.25, -0.2) is 0 Å². The molecule has 1 aromatic rings. The average Bonchev–Trinajstić information content (AvgIpc) is 2.55. The van der Waals surface area contributed by atoms with Crippen LogP contribution in [-0.2, 0) is 5.41 Å². The van der Waals surface area contributed by atoms with Crippen molar-refractivity contribution in [3.05, 3.63) is 23.8 Å². The summed E-state index contributed by atoms with van der Waals surface area (Å²) in [4.78, 5) is 0. The average molecular weight is 259 g/mol. The van der Waals surface area contributed by atoms with E-state index in [1.165, 1.54) is 12.1 Å². The molecule has 0 saturated heterocycles. The molecule has 5 heteroatoms. The molecule has 0 radical (unpaired) electrons. The highest BCUT2D eigenvalue weighted by Crippen LogP contribution is 2.42. The van der Waals surface area contributed by atoms with E-state index in [4.69, 9.17) is 0 Å². The van der Waals surface area contributed by atoms with E-state index in [1.807, 2.05) is 0 Å². The van der Waals surface area contributed by atoms with E-state index >= 15 is 0 Å². The van der Waals surface area contributed by atoms with Crippen molar-refractivity contribution in [2.45, 2.75) is 38.5 Å².